The molecular weight excluding hydrogens is 741 g/mol. The van der Waals surface area contributed by atoms with Crippen LogP contribution in [0, 0.1) is 0 Å². The number of imidazole rings is 1. The number of nitrogens with zero attached hydrogens (tertiary/aromatic N) is 4. The predicted molar refractivity (Wildman–Crippen MR) is 245 cm³/mol. The lowest BCUT2D eigenvalue weighted by atomic mass is 9.77. The number of aromatic nitrogens is 4. The molecule has 0 atom stereocenters. The molecule has 278 valence electrons. The second kappa shape index (κ2) is 13.3. The van der Waals surface area contributed by atoms with Gasteiger partial charge in [0.15, 0.2) is 8.07 Å². The van der Waals surface area contributed by atoms with Crippen molar-refractivity contribution in [2.45, 2.75) is 29.1 Å². The summed E-state index contributed by atoms with van der Waals surface area (Å²) in [4.78, 5) is 12.8. The molecule has 0 aliphatic carbocycles. The lowest BCUT2D eigenvalue weighted by Crippen LogP contribution is -2.74. The van der Waals surface area contributed by atoms with Crippen LogP contribution in [0.25, 0.3) is 50.0 Å². The van der Waals surface area contributed by atoms with Crippen molar-refractivity contribution < 1.29 is 0 Å². The molecule has 3 aromatic heterocycles. The van der Waals surface area contributed by atoms with Gasteiger partial charge in [-0.15, -0.1) is 0 Å². The van der Waals surface area contributed by atoms with Gasteiger partial charge in [0.05, 0.1) is 22.1 Å². The number of pyridine rings is 1. The van der Waals surface area contributed by atoms with Crippen molar-refractivity contribution in [1.82, 2.24) is 19.1 Å². The molecule has 0 fully saturated rings. The highest BCUT2D eigenvalue weighted by Crippen LogP contribution is 2.53. The average molecular weight is 781 g/mol. The highest BCUT2D eigenvalue weighted by molar-refractivity contribution is 7.99. The molecular formula is C52H40N4SSi. The van der Waals surface area contributed by atoms with Crippen molar-refractivity contribution in [3.8, 4) is 17.2 Å². The van der Waals surface area contributed by atoms with E-state index in [1.54, 1.807) is 0 Å². The molecule has 0 N–H and O–H groups in total. The van der Waals surface area contributed by atoms with Crippen molar-refractivity contribution in [2.24, 2.45) is 7.05 Å². The molecule has 11 rings (SSSR count). The maximum absolute atomic E-state index is 5.16. The zero-order chi connectivity index (χ0) is 39.0. The molecule has 0 bridgehead atoms. The van der Waals surface area contributed by atoms with Crippen molar-refractivity contribution >= 4 is 73.4 Å². The van der Waals surface area contributed by atoms with Crippen LogP contribution in [0.2, 0.25) is 0 Å². The molecule has 0 saturated heterocycles. The summed E-state index contributed by atoms with van der Waals surface area (Å²) in [7, 11) is -0.863. The van der Waals surface area contributed by atoms with Gasteiger partial charge in [0, 0.05) is 44.8 Å². The minimum absolute atomic E-state index is 0.141. The van der Waals surface area contributed by atoms with Crippen LogP contribution in [-0.2, 0) is 12.5 Å². The van der Waals surface area contributed by atoms with Gasteiger partial charge in [-0.25, -0.2) is 9.97 Å². The molecule has 0 unspecified atom stereocenters. The summed E-state index contributed by atoms with van der Waals surface area (Å²) in [5.41, 5.74) is 8.16. The molecule has 10 aromatic rings. The van der Waals surface area contributed by atoms with E-state index in [1.807, 2.05) is 24.0 Å². The Morgan fingerprint density at radius 2 is 1.24 bits per heavy atom. The second-order valence-electron chi connectivity index (χ2n) is 15.9. The fourth-order valence-corrected chi connectivity index (χ4v) is 16.0. The maximum Gasteiger partial charge on any atom is 0.179 e. The van der Waals surface area contributed by atoms with Gasteiger partial charge in [0.2, 0.25) is 0 Å². The Labute approximate surface area is 343 Å². The summed E-state index contributed by atoms with van der Waals surface area (Å²) in [5, 5.41) is 7.80. The molecule has 1 aliphatic heterocycles. The first-order valence-electron chi connectivity index (χ1n) is 19.9. The van der Waals surface area contributed by atoms with Gasteiger partial charge in [0.25, 0.3) is 0 Å². The van der Waals surface area contributed by atoms with Crippen molar-refractivity contribution in [2.75, 3.05) is 0 Å². The van der Waals surface area contributed by atoms with Gasteiger partial charge in [-0.2, -0.15) is 0 Å². The van der Waals surface area contributed by atoms with Crippen LogP contribution in [0.1, 0.15) is 25.0 Å². The quantitative estimate of drug-likeness (QED) is 0.125. The second-order valence-corrected chi connectivity index (χ2v) is 20.7. The van der Waals surface area contributed by atoms with E-state index in [1.165, 1.54) is 58.0 Å². The summed E-state index contributed by atoms with van der Waals surface area (Å²) < 4.78 is 4.62. The lowest BCUT2D eigenvalue weighted by Gasteiger charge is -2.35. The van der Waals surface area contributed by atoms with Crippen LogP contribution in [0.15, 0.2) is 198 Å². The maximum atomic E-state index is 5.16. The first-order valence-corrected chi connectivity index (χ1v) is 22.7. The zero-order valence-corrected chi connectivity index (χ0v) is 34.4. The number of hydrogen-bond acceptors (Lipinski definition) is 3. The summed E-state index contributed by atoms with van der Waals surface area (Å²) in [6.45, 7) is 4.74. The largest absolute Gasteiger partial charge is 0.327 e. The molecule has 7 aromatic carbocycles. The number of fused-ring (bicyclic) bond motifs is 7. The molecule has 0 spiro atoms. The number of hydrogen-bond donors (Lipinski definition) is 0. The number of benzene rings is 7. The fourth-order valence-electron chi connectivity index (χ4n) is 9.64. The van der Waals surface area contributed by atoms with E-state index in [2.05, 4.69) is 206 Å². The van der Waals surface area contributed by atoms with E-state index in [-0.39, 0.29) is 5.41 Å². The smallest absolute Gasteiger partial charge is 0.179 e. The molecule has 58 heavy (non-hydrogen) atoms. The first kappa shape index (κ1) is 34.7. The van der Waals surface area contributed by atoms with E-state index in [0.29, 0.717) is 0 Å². The van der Waals surface area contributed by atoms with Gasteiger partial charge in [-0.05, 0) is 74.3 Å². The number of para-hydroxylation sites is 2. The monoisotopic (exact) mass is 780 g/mol. The Balaban J connectivity index is 1.23. The van der Waals surface area contributed by atoms with Crippen LogP contribution in [0.4, 0.5) is 0 Å². The standard InChI is InChI=1S/C52H40N4SSi/c1-52(2)41-23-10-13-26-47(41)57-50-42(52)30-31-45-49(50)40-29-28-39(34-46(40)56(45)48-27-14-15-32-53-48)58(36-18-6-4-7-19-36,37-20-8-5-9-21-37)38-22-16-17-35(33-38)51-54-43-24-11-12-25-44(43)55(51)3/h4-34H,1-3H3. The van der Waals surface area contributed by atoms with Crippen molar-refractivity contribution in [1.29, 1.82) is 0 Å². The minimum Gasteiger partial charge on any atom is -0.327 e. The summed E-state index contributed by atoms with van der Waals surface area (Å²) in [6.07, 6.45) is 1.91. The van der Waals surface area contributed by atoms with E-state index >= 15 is 0 Å². The zero-order valence-electron chi connectivity index (χ0n) is 32.6. The van der Waals surface area contributed by atoms with Gasteiger partial charge in [-0.1, -0.05) is 165 Å². The third-order valence-corrected chi connectivity index (χ3v) is 18.4. The average Bonchev–Trinajstić information content (AvgIpc) is 3.79. The predicted octanol–water partition coefficient (Wildman–Crippen LogP) is 9.90. The van der Waals surface area contributed by atoms with E-state index in [9.17, 15) is 0 Å². The third kappa shape index (κ3) is 5.08. The van der Waals surface area contributed by atoms with Crippen LogP contribution in [0.3, 0.4) is 0 Å². The van der Waals surface area contributed by atoms with Crippen LogP contribution in [-0.4, -0.2) is 27.2 Å². The molecule has 4 heterocycles. The molecule has 1 aliphatic rings. The molecule has 4 nitrogen and oxygen atoms in total. The summed E-state index contributed by atoms with van der Waals surface area (Å²) in [5.74, 6) is 1.88. The Kier molecular flexibility index (Phi) is 7.97. The summed E-state index contributed by atoms with van der Waals surface area (Å²) in [6, 6.07) is 67.2. The van der Waals surface area contributed by atoms with E-state index in [0.717, 1.165) is 33.8 Å². The molecule has 0 amide bonds. The lowest BCUT2D eigenvalue weighted by molar-refractivity contribution is 0.609. The third-order valence-electron chi connectivity index (χ3n) is 12.4. The number of rotatable bonds is 6. The van der Waals surface area contributed by atoms with Crippen LogP contribution >= 0.6 is 11.8 Å². The van der Waals surface area contributed by atoms with E-state index in [4.69, 9.17) is 9.97 Å². The van der Waals surface area contributed by atoms with Crippen LogP contribution < -0.4 is 20.7 Å². The Bertz CT molecular complexity index is 3150. The molecule has 6 heteroatoms. The van der Waals surface area contributed by atoms with Gasteiger partial charge in [-0.3, -0.25) is 4.57 Å². The van der Waals surface area contributed by atoms with Crippen molar-refractivity contribution in [3.05, 3.63) is 199 Å². The normalized spacial score (nSPS) is 13.5. The molecule has 0 saturated carbocycles. The van der Waals surface area contributed by atoms with E-state index < -0.39 is 8.07 Å². The Hall–Kier alpha value is -6.47. The van der Waals surface area contributed by atoms with Crippen molar-refractivity contribution in [3.63, 3.8) is 0 Å². The minimum atomic E-state index is -2.99. The Morgan fingerprint density at radius 3 is 2.00 bits per heavy atom. The molecule has 0 radical (unpaired) electrons. The van der Waals surface area contributed by atoms with Gasteiger partial charge >= 0.3 is 0 Å². The topological polar surface area (TPSA) is 35.6 Å². The number of aryl methyl sites for hydroxylation is 1. The van der Waals surface area contributed by atoms with Crippen LogP contribution in [0.5, 0.6) is 0 Å². The van der Waals surface area contributed by atoms with Gasteiger partial charge in [0.1, 0.15) is 11.6 Å². The fraction of sp³-hybridized carbons (Fsp3) is 0.0769. The highest BCUT2D eigenvalue weighted by atomic mass is 32.2. The highest BCUT2D eigenvalue weighted by Gasteiger charge is 2.42. The SMILES string of the molecule is Cn1c(-c2cccc([Si](c3ccccc3)(c3ccccc3)c3ccc4c5c6c(ccc5n(-c5ccccn5)c4c3)C(C)(C)c3ccccc3S6)c2)nc2ccccc21. The Morgan fingerprint density at radius 1 is 0.552 bits per heavy atom. The summed E-state index contributed by atoms with van der Waals surface area (Å²) >= 11 is 1.91. The van der Waals surface area contributed by atoms with Gasteiger partial charge < -0.3 is 4.57 Å². The first-order chi connectivity index (χ1) is 28.4.